The van der Waals surface area contributed by atoms with E-state index in [1.807, 2.05) is 24.3 Å². The Morgan fingerprint density at radius 1 is 1.08 bits per heavy atom. The fraction of sp³-hybridized carbons (Fsp3) is 0.350. The number of carbonyl (C=O) groups is 1. The predicted molar refractivity (Wildman–Crippen MR) is 99.4 cm³/mol. The van der Waals surface area contributed by atoms with E-state index in [0.717, 1.165) is 34.6 Å². The van der Waals surface area contributed by atoms with E-state index in [1.54, 1.807) is 0 Å². The number of hydrogen-bond donors (Lipinski definition) is 2. The summed E-state index contributed by atoms with van der Waals surface area (Å²) in [7, 11) is 0. The van der Waals surface area contributed by atoms with E-state index in [4.69, 9.17) is 22.4 Å². The largest absolute Gasteiger partial charge is 0.481 e. The Bertz CT molecular complexity index is 673. The molecular formula is C20H24ClNO2. The Balaban J connectivity index is 1.97. The van der Waals surface area contributed by atoms with E-state index in [0.29, 0.717) is 12.3 Å². The second-order valence-corrected chi connectivity index (χ2v) is 6.68. The first-order chi connectivity index (χ1) is 11.5. The van der Waals surface area contributed by atoms with Crippen molar-refractivity contribution in [3.8, 4) is 11.1 Å². The molecule has 3 N–H and O–H groups in total. The minimum Gasteiger partial charge on any atom is -0.481 e. The molecule has 0 aliphatic heterocycles. The van der Waals surface area contributed by atoms with Crippen LogP contribution in [0.3, 0.4) is 0 Å². The van der Waals surface area contributed by atoms with Crippen molar-refractivity contribution in [1.29, 1.82) is 0 Å². The van der Waals surface area contributed by atoms with E-state index < -0.39 is 5.97 Å². The van der Waals surface area contributed by atoms with Gasteiger partial charge in [0.15, 0.2) is 0 Å². The molecule has 2 atom stereocenters. The number of benzene rings is 2. The second-order valence-electron chi connectivity index (χ2n) is 6.27. The van der Waals surface area contributed by atoms with Crippen molar-refractivity contribution in [3.63, 3.8) is 0 Å². The molecule has 0 saturated heterocycles. The molecule has 0 radical (unpaired) electrons. The summed E-state index contributed by atoms with van der Waals surface area (Å²) in [4.78, 5) is 10.6. The summed E-state index contributed by atoms with van der Waals surface area (Å²) < 4.78 is 0. The minimum atomic E-state index is -0.793. The lowest BCUT2D eigenvalue weighted by molar-refractivity contribution is -0.137. The zero-order chi connectivity index (χ0) is 17.5. The lowest BCUT2D eigenvalue weighted by Crippen LogP contribution is -2.21. The molecule has 4 heteroatoms. The second kappa shape index (κ2) is 8.86. The van der Waals surface area contributed by atoms with Crippen LogP contribution in [0.5, 0.6) is 0 Å². The Morgan fingerprint density at radius 3 is 2.42 bits per heavy atom. The van der Waals surface area contributed by atoms with E-state index in [2.05, 4.69) is 31.2 Å². The van der Waals surface area contributed by atoms with E-state index in [1.165, 1.54) is 0 Å². The van der Waals surface area contributed by atoms with Gasteiger partial charge in [-0.1, -0.05) is 61.0 Å². The van der Waals surface area contributed by atoms with Gasteiger partial charge in [-0.25, -0.2) is 0 Å². The highest BCUT2D eigenvalue weighted by Crippen LogP contribution is 2.32. The SMILES string of the molecule is CC(CC[C@H](N)CCC(=O)O)c1ccc(-c2ccccc2)cc1Cl. The lowest BCUT2D eigenvalue weighted by atomic mass is 9.92. The van der Waals surface area contributed by atoms with Crippen LogP contribution in [-0.4, -0.2) is 17.1 Å². The summed E-state index contributed by atoms with van der Waals surface area (Å²) in [5.41, 5.74) is 9.36. The molecule has 2 rings (SSSR count). The molecule has 0 fully saturated rings. The van der Waals surface area contributed by atoms with Crippen molar-refractivity contribution in [2.75, 3.05) is 0 Å². The first kappa shape index (κ1) is 18.5. The van der Waals surface area contributed by atoms with Gasteiger partial charge in [0, 0.05) is 17.5 Å². The molecule has 0 aliphatic carbocycles. The van der Waals surface area contributed by atoms with E-state index in [-0.39, 0.29) is 12.5 Å². The zero-order valence-corrected chi connectivity index (χ0v) is 14.7. The van der Waals surface area contributed by atoms with Crippen LogP contribution in [0.2, 0.25) is 5.02 Å². The number of halogens is 1. The molecule has 3 nitrogen and oxygen atoms in total. The Kier molecular flexibility index (Phi) is 6.83. The molecule has 0 saturated carbocycles. The zero-order valence-electron chi connectivity index (χ0n) is 13.9. The summed E-state index contributed by atoms with van der Waals surface area (Å²) in [6, 6.07) is 16.3. The fourth-order valence-electron chi connectivity index (χ4n) is 2.81. The first-order valence-electron chi connectivity index (χ1n) is 8.29. The number of nitrogens with two attached hydrogens (primary N) is 1. The molecule has 0 amide bonds. The molecule has 0 bridgehead atoms. The van der Waals surface area contributed by atoms with Gasteiger partial charge in [0.25, 0.3) is 0 Å². The van der Waals surface area contributed by atoms with Crippen molar-refractivity contribution >= 4 is 17.6 Å². The third-order valence-corrected chi connectivity index (χ3v) is 4.67. The van der Waals surface area contributed by atoms with Gasteiger partial charge in [0.1, 0.15) is 0 Å². The summed E-state index contributed by atoms with van der Waals surface area (Å²) in [5, 5.41) is 9.47. The van der Waals surface area contributed by atoms with Crippen LogP contribution in [0.1, 0.15) is 44.1 Å². The molecule has 1 unspecified atom stereocenters. The molecular weight excluding hydrogens is 322 g/mol. The third-order valence-electron chi connectivity index (χ3n) is 4.34. The molecule has 24 heavy (non-hydrogen) atoms. The highest BCUT2D eigenvalue weighted by Gasteiger charge is 2.13. The standard InChI is InChI=1S/C20H24ClNO2/c1-14(7-9-17(22)10-12-20(23)24)18-11-8-16(13-19(18)21)15-5-3-2-4-6-15/h2-6,8,11,13-14,17H,7,9-10,12,22H2,1H3,(H,23,24)/t14?,17-/m0/s1. The number of rotatable bonds is 8. The predicted octanol–water partition coefficient (Wildman–Crippen LogP) is 5.08. The van der Waals surface area contributed by atoms with Crippen LogP contribution in [0.25, 0.3) is 11.1 Å². The highest BCUT2D eigenvalue weighted by atomic mass is 35.5. The average molecular weight is 346 g/mol. The van der Waals surface area contributed by atoms with Crippen LogP contribution in [0.15, 0.2) is 48.5 Å². The van der Waals surface area contributed by atoms with Crippen molar-refractivity contribution in [2.24, 2.45) is 5.73 Å². The van der Waals surface area contributed by atoms with Gasteiger partial charge in [-0.05, 0) is 47.9 Å². The number of aliphatic carboxylic acids is 1. The van der Waals surface area contributed by atoms with Gasteiger partial charge < -0.3 is 10.8 Å². The van der Waals surface area contributed by atoms with Crippen LogP contribution in [0.4, 0.5) is 0 Å². The molecule has 0 aliphatic rings. The van der Waals surface area contributed by atoms with Gasteiger partial charge >= 0.3 is 5.97 Å². The number of carboxylic acids is 1. The maximum Gasteiger partial charge on any atom is 0.303 e. The van der Waals surface area contributed by atoms with Crippen molar-refractivity contribution in [3.05, 3.63) is 59.1 Å². The summed E-state index contributed by atoms with van der Waals surface area (Å²) in [5.74, 6) is -0.503. The number of hydrogen-bond acceptors (Lipinski definition) is 2. The molecule has 128 valence electrons. The van der Waals surface area contributed by atoms with Crippen molar-refractivity contribution in [2.45, 2.75) is 44.6 Å². The summed E-state index contributed by atoms with van der Waals surface area (Å²) >= 11 is 6.48. The molecule has 2 aromatic rings. The fourth-order valence-corrected chi connectivity index (χ4v) is 3.18. The van der Waals surface area contributed by atoms with Crippen molar-refractivity contribution < 1.29 is 9.90 Å². The van der Waals surface area contributed by atoms with Crippen LogP contribution >= 0.6 is 11.6 Å². The Morgan fingerprint density at radius 2 is 1.79 bits per heavy atom. The van der Waals surface area contributed by atoms with E-state index in [9.17, 15) is 4.79 Å². The van der Waals surface area contributed by atoms with E-state index >= 15 is 0 Å². The van der Waals surface area contributed by atoms with Crippen molar-refractivity contribution in [1.82, 2.24) is 0 Å². The first-order valence-corrected chi connectivity index (χ1v) is 8.67. The Labute approximate surface area is 148 Å². The Hall–Kier alpha value is -1.84. The smallest absolute Gasteiger partial charge is 0.303 e. The summed E-state index contributed by atoms with van der Waals surface area (Å²) in [6.45, 7) is 2.13. The quantitative estimate of drug-likeness (QED) is 0.701. The maximum absolute atomic E-state index is 10.6. The molecule has 0 spiro atoms. The minimum absolute atomic E-state index is 0.0779. The van der Waals surface area contributed by atoms with Gasteiger partial charge in [-0.3, -0.25) is 4.79 Å². The summed E-state index contributed by atoms with van der Waals surface area (Å²) in [6.07, 6.45) is 2.33. The highest BCUT2D eigenvalue weighted by molar-refractivity contribution is 6.31. The molecule has 0 aromatic heterocycles. The normalized spacial score (nSPS) is 13.5. The topological polar surface area (TPSA) is 63.3 Å². The van der Waals surface area contributed by atoms with Crippen LogP contribution in [0, 0.1) is 0 Å². The van der Waals surface area contributed by atoms with Crippen LogP contribution in [-0.2, 0) is 4.79 Å². The maximum atomic E-state index is 10.6. The molecule has 2 aromatic carbocycles. The average Bonchev–Trinajstić information content (AvgIpc) is 2.58. The lowest BCUT2D eigenvalue weighted by Gasteiger charge is -2.17. The molecule has 0 heterocycles. The van der Waals surface area contributed by atoms with Gasteiger partial charge in [0.2, 0.25) is 0 Å². The van der Waals surface area contributed by atoms with Gasteiger partial charge in [-0.2, -0.15) is 0 Å². The van der Waals surface area contributed by atoms with Crippen LogP contribution < -0.4 is 5.73 Å². The monoisotopic (exact) mass is 345 g/mol. The number of carboxylic acid groups (broad SMARTS) is 1. The van der Waals surface area contributed by atoms with Gasteiger partial charge in [-0.15, -0.1) is 0 Å². The van der Waals surface area contributed by atoms with Gasteiger partial charge in [0.05, 0.1) is 0 Å². The third kappa shape index (κ3) is 5.36.